The molecular weight excluding hydrogens is 296 g/mol. The molecule has 0 radical (unpaired) electrons. The van der Waals surface area contributed by atoms with Crippen molar-refractivity contribution < 1.29 is 28.8 Å². The zero-order valence-electron chi connectivity index (χ0n) is 12.0. The minimum atomic E-state index is -1.03. The van der Waals surface area contributed by atoms with Crippen molar-refractivity contribution in [3.63, 3.8) is 0 Å². The molecule has 1 rings (SSSR count). The maximum atomic E-state index is 11.8. The van der Waals surface area contributed by atoms with E-state index in [1.807, 2.05) is 5.32 Å². The molecule has 0 aliphatic carbocycles. The van der Waals surface area contributed by atoms with E-state index in [0.717, 1.165) is 0 Å². The quantitative estimate of drug-likeness (QED) is 0.494. The van der Waals surface area contributed by atoms with E-state index in [0.29, 0.717) is 0 Å². The van der Waals surface area contributed by atoms with E-state index >= 15 is 0 Å². The van der Waals surface area contributed by atoms with Crippen LogP contribution in [0, 0.1) is 17.0 Å². The number of benzene rings is 1. The average Bonchev–Trinajstić information content (AvgIpc) is 2.44. The summed E-state index contributed by atoms with van der Waals surface area (Å²) in [7, 11) is 0. The Bertz CT molecular complexity index is 612. The van der Waals surface area contributed by atoms with Crippen LogP contribution in [-0.2, 0) is 14.3 Å². The summed E-state index contributed by atoms with van der Waals surface area (Å²) in [5, 5.41) is 12.8. The normalized spacial score (nSPS) is 9.73. The van der Waals surface area contributed by atoms with Crippen molar-refractivity contribution in [1.82, 2.24) is 5.32 Å². The lowest BCUT2D eigenvalue weighted by Gasteiger charge is -2.07. The third-order valence-corrected chi connectivity index (χ3v) is 2.49. The molecule has 0 aliphatic heterocycles. The highest BCUT2D eigenvalue weighted by atomic mass is 16.6. The number of hydrogen-bond donors (Lipinski definition) is 1. The summed E-state index contributed by atoms with van der Waals surface area (Å²) >= 11 is 0. The van der Waals surface area contributed by atoms with E-state index in [4.69, 9.17) is 0 Å². The molecular formula is C13H14N2O7. The Morgan fingerprint density at radius 2 is 1.95 bits per heavy atom. The Labute approximate surface area is 125 Å². The molecule has 0 aliphatic rings. The molecule has 9 nitrogen and oxygen atoms in total. The minimum Gasteiger partial charge on any atom is -0.452 e. The summed E-state index contributed by atoms with van der Waals surface area (Å²) in [5.74, 6) is -1.93. The summed E-state index contributed by atoms with van der Waals surface area (Å²) in [4.78, 5) is 44.4. The molecule has 0 bridgehead atoms. The number of amides is 2. The van der Waals surface area contributed by atoms with Gasteiger partial charge in [0.2, 0.25) is 0 Å². The number of ether oxygens (including phenoxy) is 2. The van der Waals surface area contributed by atoms with Crippen LogP contribution < -0.4 is 5.32 Å². The van der Waals surface area contributed by atoms with E-state index in [9.17, 15) is 24.5 Å². The number of nitrogens with one attached hydrogen (secondary N) is 1. The molecule has 0 unspecified atom stereocenters. The largest absolute Gasteiger partial charge is 0.452 e. The van der Waals surface area contributed by atoms with Crippen molar-refractivity contribution in [1.29, 1.82) is 0 Å². The number of carbonyl (C=O) groups excluding carboxylic acids is 3. The van der Waals surface area contributed by atoms with Crippen molar-refractivity contribution in [2.75, 3.05) is 13.2 Å². The van der Waals surface area contributed by atoms with Gasteiger partial charge in [-0.15, -0.1) is 0 Å². The van der Waals surface area contributed by atoms with Gasteiger partial charge in [-0.3, -0.25) is 20.2 Å². The summed E-state index contributed by atoms with van der Waals surface area (Å²) in [5.41, 5.74) is -0.373. The second-order valence-electron chi connectivity index (χ2n) is 4.07. The van der Waals surface area contributed by atoms with Crippen LogP contribution in [0.15, 0.2) is 18.2 Å². The molecule has 0 spiro atoms. The molecule has 9 heteroatoms. The molecule has 0 saturated heterocycles. The lowest BCUT2D eigenvalue weighted by molar-refractivity contribution is -0.385. The molecule has 0 heterocycles. The van der Waals surface area contributed by atoms with Crippen LogP contribution >= 0.6 is 0 Å². The van der Waals surface area contributed by atoms with Crippen LogP contribution in [0.5, 0.6) is 0 Å². The fourth-order valence-electron chi connectivity index (χ4n) is 1.59. The highest BCUT2D eigenvalue weighted by molar-refractivity contribution is 5.97. The molecule has 1 N–H and O–H groups in total. The summed E-state index contributed by atoms with van der Waals surface area (Å²) in [6.07, 6.45) is -0.968. The Hall–Kier alpha value is -2.97. The van der Waals surface area contributed by atoms with Crippen LogP contribution in [-0.4, -0.2) is 36.1 Å². The van der Waals surface area contributed by atoms with Crippen LogP contribution in [0.1, 0.15) is 22.8 Å². The molecule has 1 aromatic carbocycles. The molecule has 0 saturated carbocycles. The van der Waals surface area contributed by atoms with Gasteiger partial charge < -0.3 is 9.47 Å². The average molecular weight is 310 g/mol. The van der Waals surface area contributed by atoms with Gasteiger partial charge in [-0.1, -0.05) is 12.1 Å². The fourth-order valence-corrected chi connectivity index (χ4v) is 1.59. The SMILES string of the molecule is CCOC(=O)NC(=O)COC(=O)c1cccc(C)c1[N+](=O)[O-]. The molecule has 22 heavy (non-hydrogen) atoms. The van der Waals surface area contributed by atoms with Crippen LogP contribution in [0.25, 0.3) is 0 Å². The third kappa shape index (κ3) is 4.54. The van der Waals surface area contributed by atoms with Gasteiger partial charge in [0, 0.05) is 5.56 Å². The number of carbonyl (C=O) groups is 3. The van der Waals surface area contributed by atoms with Gasteiger partial charge in [-0.05, 0) is 19.9 Å². The van der Waals surface area contributed by atoms with Crippen molar-refractivity contribution in [3.05, 3.63) is 39.4 Å². The molecule has 2 amide bonds. The number of nitro groups is 1. The predicted molar refractivity (Wildman–Crippen MR) is 73.3 cm³/mol. The van der Waals surface area contributed by atoms with Gasteiger partial charge in [-0.2, -0.15) is 0 Å². The number of hydrogen-bond acceptors (Lipinski definition) is 7. The highest BCUT2D eigenvalue weighted by Gasteiger charge is 2.24. The standard InChI is InChI=1S/C13H14N2O7/c1-3-21-13(18)14-10(16)7-22-12(17)9-6-4-5-8(2)11(9)15(19)20/h4-6H,3,7H2,1-2H3,(H,14,16,18). The fraction of sp³-hybridized carbons (Fsp3) is 0.308. The van der Waals surface area contributed by atoms with Gasteiger partial charge in [0.05, 0.1) is 11.5 Å². The molecule has 1 aromatic rings. The van der Waals surface area contributed by atoms with Gasteiger partial charge in [0.1, 0.15) is 5.56 Å². The number of rotatable bonds is 5. The lowest BCUT2D eigenvalue weighted by Crippen LogP contribution is -2.34. The number of aryl methyl sites for hydroxylation is 1. The van der Waals surface area contributed by atoms with E-state index in [1.165, 1.54) is 25.1 Å². The number of esters is 1. The van der Waals surface area contributed by atoms with E-state index < -0.39 is 35.2 Å². The summed E-state index contributed by atoms with van der Waals surface area (Å²) in [6.45, 7) is 2.35. The summed E-state index contributed by atoms with van der Waals surface area (Å²) in [6, 6.07) is 4.15. The molecule has 0 atom stereocenters. The van der Waals surface area contributed by atoms with Gasteiger partial charge in [-0.25, -0.2) is 9.59 Å². The van der Waals surface area contributed by atoms with Crippen LogP contribution in [0.2, 0.25) is 0 Å². The number of alkyl carbamates (subject to hydrolysis) is 1. The Morgan fingerprint density at radius 1 is 1.27 bits per heavy atom. The maximum absolute atomic E-state index is 11.8. The van der Waals surface area contributed by atoms with E-state index in [2.05, 4.69) is 9.47 Å². The van der Waals surface area contributed by atoms with Crippen LogP contribution in [0.3, 0.4) is 0 Å². The number of nitrogens with zero attached hydrogens (tertiary/aromatic N) is 1. The first kappa shape index (κ1) is 17.1. The number of nitro benzene ring substituents is 1. The van der Waals surface area contributed by atoms with Gasteiger partial charge in [0.15, 0.2) is 6.61 Å². The third-order valence-electron chi connectivity index (χ3n) is 2.49. The minimum absolute atomic E-state index is 0.0778. The first-order valence-corrected chi connectivity index (χ1v) is 6.24. The van der Waals surface area contributed by atoms with Crippen molar-refractivity contribution in [3.8, 4) is 0 Å². The monoisotopic (exact) mass is 310 g/mol. The number of para-hydroxylation sites is 1. The first-order chi connectivity index (χ1) is 10.4. The lowest BCUT2D eigenvalue weighted by atomic mass is 10.1. The van der Waals surface area contributed by atoms with Gasteiger partial charge >= 0.3 is 12.1 Å². The van der Waals surface area contributed by atoms with Crippen molar-refractivity contribution in [2.24, 2.45) is 0 Å². The van der Waals surface area contributed by atoms with Crippen molar-refractivity contribution >= 4 is 23.7 Å². The van der Waals surface area contributed by atoms with Crippen LogP contribution in [0.4, 0.5) is 10.5 Å². The van der Waals surface area contributed by atoms with Crippen molar-refractivity contribution in [2.45, 2.75) is 13.8 Å². The zero-order valence-corrected chi connectivity index (χ0v) is 12.0. The highest BCUT2D eigenvalue weighted by Crippen LogP contribution is 2.23. The topological polar surface area (TPSA) is 125 Å². The molecule has 0 fully saturated rings. The van der Waals surface area contributed by atoms with E-state index in [-0.39, 0.29) is 17.7 Å². The summed E-state index contributed by atoms with van der Waals surface area (Å²) < 4.78 is 9.12. The predicted octanol–water partition coefficient (Wildman–Crippen LogP) is 1.33. The first-order valence-electron chi connectivity index (χ1n) is 6.24. The number of imide groups is 1. The Morgan fingerprint density at radius 3 is 2.55 bits per heavy atom. The molecule has 118 valence electrons. The maximum Gasteiger partial charge on any atom is 0.413 e. The Kier molecular flexibility index (Phi) is 5.99. The zero-order chi connectivity index (χ0) is 16.7. The van der Waals surface area contributed by atoms with E-state index in [1.54, 1.807) is 6.92 Å². The second-order valence-corrected chi connectivity index (χ2v) is 4.07. The van der Waals surface area contributed by atoms with Gasteiger partial charge in [0.25, 0.3) is 11.6 Å². The smallest absolute Gasteiger partial charge is 0.413 e. The Balaban J connectivity index is 2.71. The molecule has 0 aromatic heterocycles. The second kappa shape index (κ2) is 7.72.